The van der Waals surface area contributed by atoms with Gasteiger partial charge >= 0.3 is 0 Å². The van der Waals surface area contributed by atoms with E-state index >= 15 is 0 Å². The van der Waals surface area contributed by atoms with Gasteiger partial charge in [0.25, 0.3) is 0 Å². The van der Waals surface area contributed by atoms with Crippen LogP contribution in [0.3, 0.4) is 0 Å². The molecular formula is C13H21FN4. The largest absolute Gasteiger partial charge is 0.384 e. The van der Waals surface area contributed by atoms with E-state index in [0.29, 0.717) is 5.56 Å². The van der Waals surface area contributed by atoms with E-state index < -0.39 is 0 Å². The first kappa shape index (κ1) is 14.4. The predicted octanol–water partition coefficient (Wildman–Crippen LogP) is 1.50. The van der Waals surface area contributed by atoms with Gasteiger partial charge in [-0.2, -0.15) is 0 Å². The summed E-state index contributed by atoms with van der Waals surface area (Å²) in [7, 11) is 5.98. The Labute approximate surface area is 108 Å². The topological polar surface area (TPSA) is 56.4 Å². The molecule has 0 aliphatic rings. The number of hydrogen-bond acceptors (Lipinski definition) is 3. The van der Waals surface area contributed by atoms with E-state index in [1.807, 2.05) is 26.0 Å². The summed E-state index contributed by atoms with van der Waals surface area (Å²) in [6.45, 7) is 1.82. The Balaban J connectivity index is 2.78. The number of benzene rings is 1. The molecule has 0 bridgehead atoms. The van der Waals surface area contributed by atoms with Crippen LogP contribution in [-0.4, -0.2) is 45.0 Å². The van der Waals surface area contributed by atoms with E-state index in [1.54, 1.807) is 6.07 Å². The standard InChI is InChI=1S/C13H21FN4/c1-17(2)7-4-8-18(3)12-6-5-10(14)9-11(12)13(15)16/h5-6,9H,4,7-8H2,1-3H3,(H3,15,16). The summed E-state index contributed by atoms with van der Waals surface area (Å²) >= 11 is 0. The van der Waals surface area contributed by atoms with Crippen LogP contribution in [0.1, 0.15) is 12.0 Å². The molecule has 5 heteroatoms. The summed E-state index contributed by atoms with van der Waals surface area (Å²) in [5.74, 6) is -0.477. The van der Waals surface area contributed by atoms with Crippen LogP contribution in [0.4, 0.5) is 10.1 Å². The average molecular weight is 252 g/mol. The lowest BCUT2D eigenvalue weighted by atomic mass is 10.1. The summed E-state index contributed by atoms with van der Waals surface area (Å²) in [6.07, 6.45) is 0.998. The molecule has 1 aromatic carbocycles. The highest BCUT2D eigenvalue weighted by Gasteiger charge is 2.10. The third-order valence-corrected chi connectivity index (χ3v) is 2.76. The lowest BCUT2D eigenvalue weighted by molar-refractivity contribution is 0.401. The first-order valence-corrected chi connectivity index (χ1v) is 5.91. The molecule has 0 aromatic heterocycles. The first-order chi connectivity index (χ1) is 8.41. The maximum Gasteiger partial charge on any atom is 0.125 e. The van der Waals surface area contributed by atoms with Gasteiger partial charge in [-0.1, -0.05) is 0 Å². The van der Waals surface area contributed by atoms with E-state index in [9.17, 15) is 4.39 Å². The zero-order chi connectivity index (χ0) is 13.7. The average Bonchev–Trinajstić information content (AvgIpc) is 2.28. The van der Waals surface area contributed by atoms with Crippen molar-refractivity contribution in [3.63, 3.8) is 0 Å². The quantitative estimate of drug-likeness (QED) is 0.596. The minimum atomic E-state index is -0.370. The predicted molar refractivity (Wildman–Crippen MR) is 73.9 cm³/mol. The molecule has 0 saturated carbocycles. The van der Waals surface area contributed by atoms with Gasteiger partial charge in [-0.15, -0.1) is 0 Å². The van der Waals surface area contributed by atoms with Crippen LogP contribution in [0.25, 0.3) is 0 Å². The van der Waals surface area contributed by atoms with E-state index in [1.165, 1.54) is 12.1 Å². The van der Waals surface area contributed by atoms with E-state index in [-0.39, 0.29) is 11.7 Å². The van der Waals surface area contributed by atoms with Crippen molar-refractivity contribution >= 4 is 11.5 Å². The highest BCUT2D eigenvalue weighted by atomic mass is 19.1. The van der Waals surface area contributed by atoms with E-state index in [2.05, 4.69) is 4.90 Å². The summed E-state index contributed by atoms with van der Waals surface area (Å²) in [6, 6.07) is 4.37. The molecule has 0 heterocycles. The van der Waals surface area contributed by atoms with Gasteiger partial charge in [-0.05, 0) is 45.3 Å². The SMILES string of the molecule is CN(C)CCCN(C)c1ccc(F)cc1C(=N)N. The van der Waals surface area contributed by atoms with Crippen molar-refractivity contribution < 1.29 is 4.39 Å². The van der Waals surface area contributed by atoms with Crippen LogP contribution < -0.4 is 10.6 Å². The molecule has 0 amide bonds. The number of nitrogens with two attached hydrogens (primary N) is 1. The first-order valence-electron chi connectivity index (χ1n) is 5.91. The van der Waals surface area contributed by atoms with E-state index in [0.717, 1.165) is 25.2 Å². The number of halogens is 1. The van der Waals surface area contributed by atoms with Gasteiger partial charge in [-0.3, -0.25) is 5.41 Å². The lowest BCUT2D eigenvalue weighted by Crippen LogP contribution is -2.26. The highest BCUT2D eigenvalue weighted by Crippen LogP contribution is 2.20. The maximum atomic E-state index is 13.2. The van der Waals surface area contributed by atoms with Crippen LogP contribution in [-0.2, 0) is 0 Å². The number of hydrogen-bond donors (Lipinski definition) is 2. The fourth-order valence-corrected chi connectivity index (χ4v) is 1.80. The highest BCUT2D eigenvalue weighted by molar-refractivity contribution is 6.00. The molecule has 18 heavy (non-hydrogen) atoms. The summed E-state index contributed by atoms with van der Waals surface area (Å²) in [5, 5.41) is 7.49. The zero-order valence-corrected chi connectivity index (χ0v) is 11.2. The third kappa shape index (κ3) is 4.00. The van der Waals surface area contributed by atoms with Crippen molar-refractivity contribution in [2.24, 2.45) is 5.73 Å². The Morgan fingerprint density at radius 2 is 1.94 bits per heavy atom. The summed E-state index contributed by atoms with van der Waals surface area (Å²) in [4.78, 5) is 4.12. The normalized spacial score (nSPS) is 10.7. The fraction of sp³-hybridized carbons (Fsp3) is 0.462. The second-order valence-corrected chi connectivity index (χ2v) is 4.65. The van der Waals surface area contributed by atoms with Crippen molar-refractivity contribution in [2.45, 2.75) is 6.42 Å². The molecule has 0 saturated heterocycles. The molecule has 0 radical (unpaired) electrons. The molecule has 1 aromatic rings. The lowest BCUT2D eigenvalue weighted by Gasteiger charge is -2.23. The number of amidine groups is 1. The van der Waals surface area contributed by atoms with Crippen LogP contribution in [0.5, 0.6) is 0 Å². The van der Waals surface area contributed by atoms with Gasteiger partial charge in [0.05, 0.1) is 0 Å². The van der Waals surface area contributed by atoms with Gasteiger partial charge in [0, 0.05) is 24.8 Å². The second-order valence-electron chi connectivity index (χ2n) is 4.65. The van der Waals surface area contributed by atoms with Crippen LogP contribution in [0.2, 0.25) is 0 Å². The second kappa shape index (κ2) is 6.35. The Morgan fingerprint density at radius 1 is 1.28 bits per heavy atom. The Morgan fingerprint density at radius 3 is 2.50 bits per heavy atom. The van der Waals surface area contributed by atoms with Gasteiger partial charge < -0.3 is 15.5 Å². The molecule has 0 aliphatic carbocycles. The number of nitrogens with zero attached hydrogens (tertiary/aromatic N) is 2. The van der Waals surface area contributed by atoms with Crippen molar-refractivity contribution in [1.29, 1.82) is 5.41 Å². The van der Waals surface area contributed by atoms with Crippen LogP contribution >= 0.6 is 0 Å². The summed E-state index contributed by atoms with van der Waals surface area (Å²) in [5.41, 5.74) is 6.72. The number of nitrogen functional groups attached to an aromatic ring is 1. The molecule has 0 spiro atoms. The molecule has 0 fully saturated rings. The Bertz CT molecular complexity index is 417. The van der Waals surface area contributed by atoms with Gasteiger partial charge in [0.1, 0.15) is 11.7 Å². The Hall–Kier alpha value is -1.62. The number of rotatable bonds is 6. The molecule has 0 atom stereocenters. The minimum Gasteiger partial charge on any atom is -0.384 e. The molecule has 4 nitrogen and oxygen atoms in total. The molecule has 1 rings (SSSR count). The van der Waals surface area contributed by atoms with Gasteiger partial charge in [-0.25, -0.2) is 4.39 Å². The smallest absolute Gasteiger partial charge is 0.125 e. The van der Waals surface area contributed by atoms with Crippen molar-refractivity contribution in [3.05, 3.63) is 29.6 Å². The molecule has 0 unspecified atom stereocenters. The Kier molecular flexibility index (Phi) is 5.09. The van der Waals surface area contributed by atoms with Crippen molar-refractivity contribution in [3.8, 4) is 0 Å². The monoisotopic (exact) mass is 252 g/mol. The number of anilines is 1. The zero-order valence-electron chi connectivity index (χ0n) is 11.2. The van der Waals surface area contributed by atoms with Crippen molar-refractivity contribution in [2.75, 3.05) is 39.1 Å². The summed E-state index contributed by atoms with van der Waals surface area (Å²) < 4.78 is 13.2. The van der Waals surface area contributed by atoms with Crippen LogP contribution in [0, 0.1) is 11.2 Å². The van der Waals surface area contributed by atoms with Crippen molar-refractivity contribution in [1.82, 2.24) is 4.90 Å². The minimum absolute atomic E-state index is 0.107. The maximum absolute atomic E-state index is 13.2. The van der Waals surface area contributed by atoms with Gasteiger partial charge in [0.15, 0.2) is 0 Å². The molecular weight excluding hydrogens is 231 g/mol. The fourth-order valence-electron chi connectivity index (χ4n) is 1.80. The molecule has 0 aliphatic heterocycles. The van der Waals surface area contributed by atoms with Gasteiger partial charge in [0.2, 0.25) is 0 Å². The molecule has 100 valence electrons. The number of nitrogens with one attached hydrogen (secondary N) is 1. The van der Waals surface area contributed by atoms with Crippen LogP contribution in [0.15, 0.2) is 18.2 Å². The van der Waals surface area contributed by atoms with E-state index in [4.69, 9.17) is 11.1 Å². The third-order valence-electron chi connectivity index (χ3n) is 2.76. The molecule has 3 N–H and O–H groups in total.